The van der Waals surface area contributed by atoms with Crippen LogP contribution in [-0.2, 0) is 24.3 Å². The van der Waals surface area contributed by atoms with Crippen LogP contribution < -0.4 is 5.32 Å². The first kappa shape index (κ1) is 15.9. The van der Waals surface area contributed by atoms with Crippen LogP contribution in [-0.4, -0.2) is 20.4 Å². The normalized spacial score (nSPS) is 10.5. The molecular weight excluding hydrogens is 300 g/mol. The molecule has 2 aromatic heterocycles. The van der Waals surface area contributed by atoms with Gasteiger partial charge in [0.15, 0.2) is 0 Å². The van der Waals surface area contributed by atoms with Crippen molar-refractivity contribution in [2.24, 2.45) is 0 Å². The average Bonchev–Trinajstić information content (AvgIpc) is 3.13. The standard InChI is InChI=1S/C19H20N4O/c24-19(8-7-16-2-1-9-20-12-16)22-13-17-3-5-18(6-4-17)14-23-11-10-21-15-23/h1-6,9-12,15H,7-8,13-14H2,(H,22,24). The van der Waals surface area contributed by atoms with Crippen molar-refractivity contribution in [3.05, 3.63) is 84.2 Å². The minimum atomic E-state index is 0.0568. The first-order chi connectivity index (χ1) is 11.8. The van der Waals surface area contributed by atoms with Gasteiger partial charge in [-0.25, -0.2) is 4.98 Å². The van der Waals surface area contributed by atoms with Crippen molar-refractivity contribution in [2.45, 2.75) is 25.9 Å². The Kier molecular flexibility index (Phi) is 5.35. The molecule has 24 heavy (non-hydrogen) atoms. The van der Waals surface area contributed by atoms with Crippen molar-refractivity contribution >= 4 is 5.91 Å². The lowest BCUT2D eigenvalue weighted by Crippen LogP contribution is -2.23. The van der Waals surface area contributed by atoms with Crippen molar-refractivity contribution in [3.63, 3.8) is 0 Å². The molecule has 0 aliphatic heterocycles. The van der Waals surface area contributed by atoms with Crippen molar-refractivity contribution in [3.8, 4) is 0 Å². The summed E-state index contributed by atoms with van der Waals surface area (Å²) in [6.45, 7) is 1.36. The highest BCUT2D eigenvalue weighted by molar-refractivity contribution is 5.76. The zero-order chi connectivity index (χ0) is 16.6. The lowest BCUT2D eigenvalue weighted by atomic mass is 10.1. The van der Waals surface area contributed by atoms with E-state index in [1.54, 1.807) is 24.9 Å². The number of carbonyl (C=O) groups excluding carboxylic acids is 1. The van der Waals surface area contributed by atoms with Gasteiger partial charge in [0.1, 0.15) is 0 Å². The van der Waals surface area contributed by atoms with Crippen molar-refractivity contribution in [2.75, 3.05) is 0 Å². The number of benzene rings is 1. The molecule has 0 aliphatic carbocycles. The summed E-state index contributed by atoms with van der Waals surface area (Å²) in [4.78, 5) is 20.0. The Morgan fingerprint density at radius 1 is 1.00 bits per heavy atom. The number of nitrogens with one attached hydrogen (secondary N) is 1. The van der Waals surface area contributed by atoms with Crippen LogP contribution >= 0.6 is 0 Å². The van der Waals surface area contributed by atoms with E-state index in [4.69, 9.17) is 0 Å². The number of hydrogen-bond donors (Lipinski definition) is 1. The number of carbonyl (C=O) groups is 1. The number of imidazole rings is 1. The van der Waals surface area contributed by atoms with Gasteiger partial charge in [-0.3, -0.25) is 9.78 Å². The molecule has 0 aliphatic rings. The predicted molar refractivity (Wildman–Crippen MR) is 92.2 cm³/mol. The second-order valence-corrected chi connectivity index (χ2v) is 5.69. The van der Waals surface area contributed by atoms with Gasteiger partial charge in [0.2, 0.25) is 5.91 Å². The number of aryl methyl sites for hydroxylation is 1. The topological polar surface area (TPSA) is 59.8 Å². The molecule has 122 valence electrons. The molecule has 1 amide bonds. The molecule has 0 fully saturated rings. The average molecular weight is 320 g/mol. The summed E-state index contributed by atoms with van der Waals surface area (Å²) in [6, 6.07) is 12.1. The minimum Gasteiger partial charge on any atom is -0.352 e. The summed E-state index contributed by atoms with van der Waals surface area (Å²) in [7, 11) is 0. The first-order valence-corrected chi connectivity index (χ1v) is 7.99. The summed E-state index contributed by atoms with van der Waals surface area (Å²) in [5.41, 5.74) is 3.38. The second-order valence-electron chi connectivity index (χ2n) is 5.69. The van der Waals surface area contributed by atoms with Gasteiger partial charge in [-0.05, 0) is 29.2 Å². The SMILES string of the molecule is O=C(CCc1cccnc1)NCc1ccc(Cn2ccnc2)cc1. The lowest BCUT2D eigenvalue weighted by Gasteiger charge is -2.07. The molecule has 0 spiro atoms. The Bertz CT molecular complexity index is 752. The van der Waals surface area contributed by atoms with E-state index in [-0.39, 0.29) is 5.91 Å². The van der Waals surface area contributed by atoms with Crippen LogP contribution in [0.25, 0.3) is 0 Å². The molecule has 3 aromatic rings. The van der Waals surface area contributed by atoms with E-state index >= 15 is 0 Å². The molecule has 3 rings (SSSR count). The fourth-order valence-corrected chi connectivity index (χ4v) is 2.45. The predicted octanol–water partition coefficient (Wildman–Crippen LogP) is 2.58. The molecule has 0 unspecified atom stereocenters. The van der Waals surface area contributed by atoms with Gasteiger partial charge < -0.3 is 9.88 Å². The largest absolute Gasteiger partial charge is 0.352 e. The highest BCUT2D eigenvalue weighted by Gasteiger charge is 2.03. The highest BCUT2D eigenvalue weighted by Crippen LogP contribution is 2.07. The number of nitrogens with zero attached hydrogens (tertiary/aromatic N) is 3. The second kappa shape index (κ2) is 8.06. The summed E-state index contributed by atoms with van der Waals surface area (Å²) in [5.74, 6) is 0.0568. The van der Waals surface area contributed by atoms with E-state index in [0.717, 1.165) is 17.7 Å². The van der Waals surface area contributed by atoms with Gasteiger partial charge in [0, 0.05) is 44.3 Å². The van der Waals surface area contributed by atoms with E-state index in [1.807, 2.05) is 35.0 Å². The van der Waals surface area contributed by atoms with Crippen LogP contribution in [0.15, 0.2) is 67.5 Å². The Balaban J connectivity index is 1.43. The zero-order valence-corrected chi connectivity index (χ0v) is 13.4. The maximum Gasteiger partial charge on any atom is 0.220 e. The molecule has 0 atom stereocenters. The van der Waals surface area contributed by atoms with Crippen LogP contribution in [0, 0.1) is 0 Å². The van der Waals surface area contributed by atoms with Crippen molar-refractivity contribution < 1.29 is 4.79 Å². The summed E-state index contributed by atoms with van der Waals surface area (Å²) < 4.78 is 2.02. The number of aromatic nitrogens is 3. The third-order valence-corrected chi connectivity index (χ3v) is 3.80. The third-order valence-electron chi connectivity index (χ3n) is 3.80. The molecule has 0 radical (unpaired) electrons. The van der Waals surface area contributed by atoms with E-state index in [0.29, 0.717) is 19.4 Å². The molecule has 1 aromatic carbocycles. The third kappa shape index (κ3) is 4.78. The van der Waals surface area contributed by atoms with Crippen LogP contribution in [0.3, 0.4) is 0 Å². The lowest BCUT2D eigenvalue weighted by molar-refractivity contribution is -0.121. The van der Waals surface area contributed by atoms with Gasteiger partial charge in [0.25, 0.3) is 0 Å². The van der Waals surface area contributed by atoms with E-state index < -0.39 is 0 Å². The molecule has 0 saturated carbocycles. The van der Waals surface area contributed by atoms with Gasteiger partial charge in [-0.15, -0.1) is 0 Å². The van der Waals surface area contributed by atoms with E-state index in [9.17, 15) is 4.79 Å². The number of rotatable bonds is 7. The van der Waals surface area contributed by atoms with Crippen LogP contribution in [0.4, 0.5) is 0 Å². The zero-order valence-electron chi connectivity index (χ0n) is 13.4. The number of hydrogen-bond acceptors (Lipinski definition) is 3. The van der Waals surface area contributed by atoms with Crippen LogP contribution in [0.5, 0.6) is 0 Å². The van der Waals surface area contributed by atoms with Crippen molar-refractivity contribution in [1.82, 2.24) is 19.9 Å². The monoisotopic (exact) mass is 320 g/mol. The summed E-state index contributed by atoms with van der Waals surface area (Å²) in [5, 5.41) is 2.96. The summed E-state index contributed by atoms with van der Waals surface area (Å²) >= 11 is 0. The van der Waals surface area contributed by atoms with E-state index in [1.165, 1.54) is 5.56 Å². The smallest absolute Gasteiger partial charge is 0.220 e. The quantitative estimate of drug-likeness (QED) is 0.728. The maximum atomic E-state index is 11.9. The Labute approximate surface area is 141 Å². The fourth-order valence-electron chi connectivity index (χ4n) is 2.45. The Hall–Kier alpha value is -2.95. The molecule has 0 saturated heterocycles. The molecule has 1 N–H and O–H groups in total. The first-order valence-electron chi connectivity index (χ1n) is 7.99. The molecular formula is C19H20N4O. The van der Waals surface area contributed by atoms with Crippen LogP contribution in [0.1, 0.15) is 23.1 Å². The Morgan fingerprint density at radius 3 is 2.54 bits per heavy atom. The van der Waals surface area contributed by atoms with Gasteiger partial charge in [-0.2, -0.15) is 0 Å². The molecule has 5 nitrogen and oxygen atoms in total. The number of pyridine rings is 1. The fraction of sp³-hybridized carbons (Fsp3) is 0.211. The molecule has 2 heterocycles. The van der Waals surface area contributed by atoms with Gasteiger partial charge in [0.05, 0.1) is 6.33 Å². The summed E-state index contributed by atoms with van der Waals surface area (Å²) in [6.07, 6.45) is 10.2. The minimum absolute atomic E-state index is 0.0568. The van der Waals surface area contributed by atoms with E-state index in [2.05, 4.69) is 27.4 Å². The number of amides is 1. The van der Waals surface area contributed by atoms with Gasteiger partial charge >= 0.3 is 0 Å². The highest BCUT2D eigenvalue weighted by atomic mass is 16.1. The van der Waals surface area contributed by atoms with Crippen LogP contribution in [0.2, 0.25) is 0 Å². The van der Waals surface area contributed by atoms with Gasteiger partial charge in [-0.1, -0.05) is 30.3 Å². The van der Waals surface area contributed by atoms with Crippen molar-refractivity contribution in [1.29, 1.82) is 0 Å². The maximum absolute atomic E-state index is 11.9. The molecule has 0 bridgehead atoms. The molecule has 5 heteroatoms. The Morgan fingerprint density at radius 2 is 1.83 bits per heavy atom.